The molecule has 7 heteroatoms. The number of hydrogen-bond acceptors (Lipinski definition) is 4. The standard InChI is InChI=1S/C10H20ClO5P/c1-6-10(7-2,17(13,14)16-11)8(12)15-9(3,4)5/h6-7H2,1-5H3,(H,13,14). The largest absolute Gasteiger partial charge is 0.459 e. The molecule has 0 fully saturated rings. The quantitative estimate of drug-likeness (QED) is 0.620. The normalized spacial score (nSPS) is 16.4. The molecule has 0 heterocycles. The van der Waals surface area contributed by atoms with Crippen molar-refractivity contribution in [2.45, 2.75) is 58.2 Å². The molecule has 0 aliphatic carbocycles. The number of carbonyl (C=O) groups excluding carboxylic acids is 1. The van der Waals surface area contributed by atoms with Crippen LogP contribution in [0.15, 0.2) is 0 Å². The molecule has 0 radical (unpaired) electrons. The fraction of sp³-hybridized carbons (Fsp3) is 0.900. The molecule has 0 spiro atoms. The minimum Gasteiger partial charge on any atom is -0.459 e. The van der Waals surface area contributed by atoms with Crippen molar-refractivity contribution in [2.75, 3.05) is 0 Å². The molecule has 5 nitrogen and oxygen atoms in total. The van der Waals surface area contributed by atoms with Crippen molar-refractivity contribution in [1.29, 1.82) is 0 Å². The zero-order valence-electron chi connectivity index (χ0n) is 10.8. The lowest BCUT2D eigenvalue weighted by atomic mass is 10.0. The first-order chi connectivity index (χ1) is 7.56. The van der Waals surface area contributed by atoms with E-state index in [1.807, 2.05) is 0 Å². The average molecular weight is 287 g/mol. The third-order valence-corrected chi connectivity index (χ3v) is 5.23. The van der Waals surface area contributed by atoms with Crippen LogP contribution in [0.4, 0.5) is 0 Å². The Bertz CT molecular complexity index is 319. The summed E-state index contributed by atoms with van der Waals surface area (Å²) in [6.45, 7) is 8.29. The molecule has 0 aromatic carbocycles. The van der Waals surface area contributed by atoms with Crippen molar-refractivity contribution < 1.29 is 23.1 Å². The maximum absolute atomic E-state index is 12.1. The number of hydrogen-bond donors (Lipinski definition) is 1. The van der Waals surface area contributed by atoms with Gasteiger partial charge in [0, 0.05) is 0 Å². The molecule has 0 bridgehead atoms. The second-order valence-electron chi connectivity index (χ2n) is 4.83. The van der Waals surface area contributed by atoms with Crippen LogP contribution in [0.3, 0.4) is 0 Å². The van der Waals surface area contributed by atoms with E-state index in [9.17, 15) is 14.3 Å². The van der Waals surface area contributed by atoms with Gasteiger partial charge in [-0.2, -0.15) is 4.08 Å². The van der Waals surface area contributed by atoms with Gasteiger partial charge in [0.05, 0.1) is 11.9 Å². The fourth-order valence-corrected chi connectivity index (χ4v) is 3.10. The SMILES string of the molecule is CCC(CC)(C(=O)OC(C)(C)C)P(=O)(O)OCl. The lowest BCUT2D eigenvalue weighted by Crippen LogP contribution is -2.42. The lowest BCUT2D eigenvalue weighted by molar-refractivity contribution is -0.159. The van der Waals surface area contributed by atoms with E-state index in [1.54, 1.807) is 34.6 Å². The van der Waals surface area contributed by atoms with Crippen LogP contribution in [0.25, 0.3) is 0 Å². The van der Waals surface area contributed by atoms with Crippen LogP contribution < -0.4 is 0 Å². The van der Waals surface area contributed by atoms with Crippen LogP contribution in [0.5, 0.6) is 0 Å². The molecular formula is C10H20ClO5P. The van der Waals surface area contributed by atoms with Crippen molar-refractivity contribution >= 4 is 25.4 Å². The Hall–Kier alpha value is -0.0900. The Morgan fingerprint density at radius 3 is 1.94 bits per heavy atom. The van der Waals surface area contributed by atoms with Gasteiger partial charge >= 0.3 is 13.6 Å². The fourth-order valence-electron chi connectivity index (χ4n) is 1.49. The summed E-state index contributed by atoms with van der Waals surface area (Å²) in [5, 5.41) is -1.61. The van der Waals surface area contributed by atoms with Crippen molar-refractivity contribution in [2.24, 2.45) is 0 Å². The molecule has 1 N–H and O–H groups in total. The first-order valence-electron chi connectivity index (χ1n) is 5.43. The lowest BCUT2D eigenvalue weighted by Gasteiger charge is -2.33. The molecular weight excluding hydrogens is 267 g/mol. The zero-order valence-corrected chi connectivity index (χ0v) is 12.5. The molecule has 0 aromatic heterocycles. The number of esters is 1. The van der Waals surface area contributed by atoms with Crippen LogP contribution in [0.1, 0.15) is 47.5 Å². The summed E-state index contributed by atoms with van der Waals surface area (Å²) in [6, 6.07) is 0. The van der Waals surface area contributed by atoms with Gasteiger partial charge in [-0.1, -0.05) is 13.8 Å². The molecule has 0 amide bonds. The van der Waals surface area contributed by atoms with Gasteiger partial charge in [0.2, 0.25) is 0 Å². The maximum atomic E-state index is 12.1. The summed E-state index contributed by atoms with van der Waals surface area (Å²) in [5.41, 5.74) is -0.737. The highest BCUT2D eigenvalue weighted by Crippen LogP contribution is 2.60. The summed E-state index contributed by atoms with van der Waals surface area (Å²) in [7, 11) is -4.27. The zero-order chi connectivity index (χ0) is 13.9. The van der Waals surface area contributed by atoms with E-state index >= 15 is 0 Å². The molecule has 0 aromatic rings. The second-order valence-corrected chi connectivity index (χ2v) is 7.28. The molecule has 0 rings (SSSR count). The van der Waals surface area contributed by atoms with Gasteiger partial charge in [-0.15, -0.1) is 0 Å². The van der Waals surface area contributed by atoms with Crippen LogP contribution in [-0.2, 0) is 18.2 Å². The maximum Gasteiger partial charge on any atom is 0.361 e. The average Bonchev–Trinajstić information content (AvgIpc) is 2.17. The number of halogens is 1. The van der Waals surface area contributed by atoms with Crippen molar-refractivity contribution in [3.05, 3.63) is 0 Å². The van der Waals surface area contributed by atoms with Gasteiger partial charge in [0.25, 0.3) is 0 Å². The van der Waals surface area contributed by atoms with Crippen molar-refractivity contribution in [3.63, 3.8) is 0 Å². The van der Waals surface area contributed by atoms with E-state index in [0.717, 1.165) is 0 Å². The predicted molar refractivity (Wildman–Crippen MR) is 65.9 cm³/mol. The van der Waals surface area contributed by atoms with E-state index in [0.29, 0.717) is 0 Å². The summed E-state index contributed by atoms with van der Waals surface area (Å²) >= 11 is 5.03. The number of carbonyl (C=O) groups is 1. The van der Waals surface area contributed by atoms with Gasteiger partial charge < -0.3 is 9.63 Å². The number of rotatable bonds is 5. The monoisotopic (exact) mass is 286 g/mol. The Kier molecular flexibility index (Phi) is 5.67. The van der Waals surface area contributed by atoms with E-state index in [2.05, 4.69) is 4.08 Å². The van der Waals surface area contributed by atoms with Crippen LogP contribution in [0, 0.1) is 0 Å². The summed E-state index contributed by atoms with van der Waals surface area (Å²) in [6.07, 6.45) is 0.220. The highest BCUT2D eigenvalue weighted by molar-refractivity contribution is 7.56. The van der Waals surface area contributed by atoms with E-state index in [-0.39, 0.29) is 12.8 Å². The first-order valence-corrected chi connectivity index (χ1v) is 7.31. The molecule has 0 aliphatic rings. The van der Waals surface area contributed by atoms with E-state index < -0.39 is 24.3 Å². The van der Waals surface area contributed by atoms with Crippen LogP contribution >= 0.6 is 19.5 Å². The molecule has 17 heavy (non-hydrogen) atoms. The molecule has 1 atom stereocenters. The molecule has 0 aliphatic heterocycles. The predicted octanol–water partition coefficient (Wildman–Crippen LogP) is 3.24. The molecule has 0 saturated heterocycles. The van der Waals surface area contributed by atoms with Crippen molar-refractivity contribution in [1.82, 2.24) is 0 Å². The van der Waals surface area contributed by atoms with Crippen LogP contribution in [-0.4, -0.2) is 21.6 Å². The Morgan fingerprint density at radius 2 is 1.71 bits per heavy atom. The molecule has 0 saturated carbocycles. The molecule has 102 valence electrons. The first kappa shape index (κ1) is 16.9. The van der Waals surface area contributed by atoms with Crippen LogP contribution in [0.2, 0.25) is 0 Å². The Labute approximate surface area is 107 Å². The van der Waals surface area contributed by atoms with Gasteiger partial charge in [-0.05, 0) is 33.6 Å². The topological polar surface area (TPSA) is 72.8 Å². The van der Waals surface area contributed by atoms with E-state index in [1.165, 1.54) is 0 Å². The van der Waals surface area contributed by atoms with Gasteiger partial charge in [-0.3, -0.25) is 9.36 Å². The summed E-state index contributed by atoms with van der Waals surface area (Å²) in [5.74, 6) is -0.763. The van der Waals surface area contributed by atoms with Gasteiger partial charge in [-0.25, -0.2) is 0 Å². The third-order valence-electron chi connectivity index (χ3n) is 2.58. The van der Waals surface area contributed by atoms with E-state index in [4.69, 9.17) is 16.6 Å². The number of ether oxygens (including phenoxy) is 1. The Balaban J connectivity index is 5.37. The highest BCUT2D eigenvalue weighted by Gasteiger charge is 2.55. The highest BCUT2D eigenvalue weighted by atomic mass is 35.5. The van der Waals surface area contributed by atoms with Gasteiger partial charge in [0.15, 0.2) is 5.16 Å². The molecule has 1 unspecified atom stereocenters. The summed E-state index contributed by atoms with van der Waals surface area (Å²) < 4.78 is 21.2. The smallest absolute Gasteiger partial charge is 0.361 e. The van der Waals surface area contributed by atoms with Gasteiger partial charge in [0.1, 0.15) is 5.60 Å². The second kappa shape index (κ2) is 5.70. The van der Waals surface area contributed by atoms with Crippen molar-refractivity contribution in [3.8, 4) is 0 Å². The minimum absolute atomic E-state index is 0.110. The minimum atomic E-state index is -4.27. The Morgan fingerprint density at radius 1 is 1.29 bits per heavy atom. The third kappa shape index (κ3) is 3.68. The summed E-state index contributed by atoms with van der Waals surface area (Å²) in [4.78, 5) is 21.8.